The van der Waals surface area contributed by atoms with Crippen LogP contribution in [0.15, 0.2) is 72.9 Å². The Hall–Kier alpha value is -2.45. The standard InChI is InChI=1S/C21H22N2/c1-17-6-8-18(9-7-17)15-23(2)16-19-10-12-20(13-11-19)21-5-3-4-14-22-21/h3-14H,15-16H2,1-2H3. The van der Waals surface area contributed by atoms with Gasteiger partial charge in [-0.25, -0.2) is 0 Å². The Morgan fingerprint density at radius 1 is 0.783 bits per heavy atom. The number of hydrogen-bond acceptors (Lipinski definition) is 2. The average molecular weight is 302 g/mol. The Kier molecular flexibility index (Phi) is 4.84. The fraction of sp³-hybridized carbons (Fsp3) is 0.190. The Morgan fingerprint density at radius 3 is 1.96 bits per heavy atom. The molecule has 2 heteroatoms. The molecule has 0 aliphatic rings. The molecule has 0 N–H and O–H groups in total. The molecule has 0 atom stereocenters. The Balaban J connectivity index is 1.62. The molecule has 0 amide bonds. The SMILES string of the molecule is Cc1ccc(CN(C)Cc2ccc(-c3ccccn3)cc2)cc1. The second-order valence-corrected chi connectivity index (χ2v) is 6.07. The average Bonchev–Trinajstić information content (AvgIpc) is 2.58. The first-order valence-corrected chi connectivity index (χ1v) is 7.95. The summed E-state index contributed by atoms with van der Waals surface area (Å²) in [5.41, 5.74) is 6.16. The van der Waals surface area contributed by atoms with E-state index in [0.29, 0.717) is 0 Å². The van der Waals surface area contributed by atoms with Crippen molar-refractivity contribution >= 4 is 0 Å². The summed E-state index contributed by atoms with van der Waals surface area (Å²) in [6, 6.07) is 23.4. The van der Waals surface area contributed by atoms with Crippen LogP contribution in [0.5, 0.6) is 0 Å². The maximum Gasteiger partial charge on any atom is 0.0701 e. The van der Waals surface area contributed by atoms with Crippen LogP contribution < -0.4 is 0 Å². The van der Waals surface area contributed by atoms with Gasteiger partial charge in [0.25, 0.3) is 0 Å². The first-order valence-electron chi connectivity index (χ1n) is 7.95. The van der Waals surface area contributed by atoms with Gasteiger partial charge in [-0.15, -0.1) is 0 Å². The van der Waals surface area contributed by atoms with E-state index in [0.717, 1.165) is 24.3 Å². The van der Waals surface area contributed by atoms with Crippen LogP contribution in [-0.2, 0) is 13.1 Å². The lowest BCUT2D eigenvalue weighted by Crippen LogP contribution is -2.17. The molecule has 23 heavy (non-hydrogen) atoms. The number of hydrogen-bond donors (Lipinski definition) is 0. The minimum absolute atomic E-state index is 0.941. The van der Waals surface area contributed by atoms with Crippen molar-refractivity contribution in [3.05, 3.63) is 89.6 Å². The van der Waals surface area contributed by atoms with Crippen molar-refractivity contribution in [1.82, 2.24) is 9.88 Å². The first-order chi connectivity index (χ1) is 11.2. The highest BCUT2D eigenvalue weighted by Gasteiger charge is 2.03. The van der Waals surface area contributed by atoms with Crippen molar-refractivity contribution in [2.75, 3.05) is 7.05 Å². The van der Waals surface area contributed by atoms with Crippen molar-refractivity contribution in [3.63, 3.8) is 0 Å². The van der Waals surface area contributed by atoms with Gasteiger partial charge in [0.15, 0.2) is 0 Å². The Bertz CT molecular complexity index is 731. The van der Waals surface area contributed by atoms with Gasteiger partial charge < -0.3 is 0 Å². The topological polar surface area (TPSA) is 16.1 Å². The summed E-state index contributed by atoms with van der Waals surface area (Å²) < 4.78 is 0. The fourth-order valence-corrected chi connectivity index (χ4v) is 2.69. The van der Waals surface area contributed by atoms with Crippen molar-refractivity contribution in [1.29, 1.82) is 0 Å². The summed E-state index contributed by atoms with van der Waals surface area (Å²) in [6.45, 7) is 4.02. The lowest BCUT2D eigenvalue weighted by molar-refractivity contribution is 0.319. The molecular formula is C21H22N2. The molecule has 1 aromatic heterocycles. The monoisotopic (exact) mass is 302 g/mol. The summed E-state index contributed by atoms with van der Waals surface area (Å²) in [7, 11) is 2.16. The van der Waals surface area contributed by atoms with Gasteiger partial charge in [0, 0.05) is 24.8 Å². The van der Waals surface area contributed by atoms with E-state index in [-0.39, 0.29) is 0 Å². The predicted molar refractivity (Wildman–Crippen MR) is 96.0 cm³/mol. The molecule has 0 fully saturated rings. The van der Waals surface area contributed by atoms with E-state index in [9.17, 15) is 0 Å². The van der Waals surface area contributed by atoms with Gasteiger partial charge in [-0.3, -0.25) is 9.88 Å². The number of benzene rings is 2. The molecule has 0 aliphatic carbocycles. The van der Waals surface area contributed by atoms with Gasteiger partial charge in [-0.05, 0) is 37.2 Å². The molecule has 0 saturated carbocycles. The quantitative estimate of drug-likeness (QED) is 0.680. The summed E-state index contributed by atoms with van der Waals surface area (Å²) in [4.78, 5) is 6.73. The van der Waals surface area contributed by atoms with E-state index in [1.807, 2.05) is 24.4 Å². The molecular weight excluding hydrogens is 280 g/mol. The number of pyridine rings is 1. The zero-order valence-corrected chi connectivity index (χ0v) is 13.7. The van der Waals surface area contributed by atoms with E-state index in [4.69, 9.17) is 0 Å². The van der Waals surface area contributed by atoms with Crippen molar-refractivity contribution in [2.45, 2.75) is 20.0 Å². The fourth-order valence-electron chi connectivity index (χ4n) is 2.69. The second-order valence-electron chi connectivity index (χ2n) is 6.07. The largest absolute Gasteiger partial charge is 0.298 e. The second kappa shape index (κ2) is 7.21. The zero-order chi connectivity index (χ0) is 16.1. The smallest absolute Gasteiger partial charge is 0.0701 e. The summed E-state index contributed by atoms with van der Waals surface area (Å²) in [5.74, 6) is 0. The predicted octanol–water partition coefficient (Wildman–Crippen LogP) is 4.69. The Labute approximate surface area is 138 Å². The number of aromatic nitrogens is 1. The minimum atomic E-state index is 0.941. The lowest BCUT2D eigenvalue weighted by atomic mass is 10.1. The highest BCUT2D eigenvalue weighted by molar-refractivity contribution is 5.58. The molecule has 0 aliphatic heterocycles. The van der Waals surface area contributed by atoms with Crippen LogP contribution in [0.4, 0.5) is 0 Å². The molecule has 3 rings (SSSR count). The Morgan fingerprint density at radius 2 is 1.39 bits per heavy atom. The van der Waals surface area contributed by atoms with E-state index in [2.05, 4.69) is 72.4 Å². The van der Waals surface area contributed by atoms with Gasteiger partial charge in [-0.1, -0.05) is 60.2 Å². The van der Waals surface area contributed by atoms with Gasteiger partial charge in [-0.2, -0.15) is 0 Å². The highest BCUT2D eigenvalue weighted by atomic mass is 15.1. The molecule has 2 nitrogen and oxygen atoms in total. The van der Waals surface area contributed by atoms with Crippen LogP contribution in [0.2, 0.25) is 0 Å². The van der Waals surface area contributed by atoms with Crippen molar-refractivity contribution < 1.29 is 0 Å². The summed E-state index contributed by atoms with van der Waals surface area (Å²) >= 11 is 0. The van der Waals surface area contributed by atoms with E-state index >= 15 is 0 Å². The highest BCUT2D eigenvalue weighted by Crippen LogP contribution is 2.18. The van der Waals surface area contributed by atoms with Gasteiger partial charge in [0.05, 0.1) is 5.69 Å². The number of nitrogens with zero attached hydrogens (tertiary/aromatic N) is 2. The van der Waals surface area contributed by atoms with Gasteiger partial charge in [0.1, 0.15) is 0 Å². The first kappa shape index (κ1) is 15.4. The van der Waals surface area contributed by atoms with E-state index in [1.165, 1.54) is 16.7 Å². The zero-order valence-electron chi connectivity index (χ0n) is 13.7. The summed E-state index contributed by atoms with van der Waals surface area (Å²) in [6.07, 6.45) is 1.83. The van der Waals surface area contributed by atoms with E-state index < -0.39 is 0 Å². The van der Waals surface area contributed by atoms with Crippen molar-refractivity contribution in [3.8, 4) is 11.3 Å². The normalized spacial score (nSPS) is 10.9. The third-order valence-corrected chi connectivity index (χ3v) is 3.94. The third-order valence-electron chi connectivity index (χ3n) is 3.94. The van der Waals surface area contributed by atoms with Crippen LogP contribution in [0.25, 0.3) is 11.3 Å². The molecule has 2 aromatic carbocycles. The lowest BCUT2D eigenvalue weighted by Gasteiger charge is -2.17. The van der Waals surface area contributed by atoms with E-state index in [1.54, 1.807) is 0 Å². The van der Waals surface area contributed by atoms with Crippen LogP contribution in [0.1, 0.15) is 16.7 Å². The number of aryl methyl sites for hydroxylation is 1. The third kappa shape index (κ3) is 4.27. The minimum Gasteiger partial charge on any atom is -0.298 e. The molecule has 1 heterocycles. The maximum atomic E-state index is 4.39. The van der Waals surface area contributed by atoms with Crippen LogP contribution >= 0.6 is 0 Å². The summed E-state index contributed by atoms with van der Waals surface area (Å²) in [5, 5.41) is 0. The molecule has 0 unspecified atom stereocenters. The maximum absolute atomic E-state index is 4.39. The van der Waals surface area contributed by atoms with Crippen LogP contribution in [0.3, 0.4) is 0 Å². The van der Waals surface area contributed by atoms with Gasteiger partial charge >= 0.3 is 0 Å². The van der Waals surface area contributed by atoms with Crippen LogP contribution in [-0.4, -0.2) is 16.9 Å². The molecule has 0 spiro atoms. The van der Waals surface area contributed by atoms with Crippen LogP contribution in [0, 0.1) is 6.92 Å². The number of rotatable bonds is 5. The molecule has 0 radical (unpaired) electrons. The molecule has 0 bridgehead atoms. The molecule has 116 valence electrons. The van der Waals surface area contributed by atoms with Gasteiger partial charge in [0.2, 0.25) is 0 Å². The molecule has 0 saturated heterocycles. The van der Waals surface area contributed by atoms with Crippen molar-refractivity contribution in [2.24, 2.45) is 0 Å². The molecule has 3 aromatic rings.